The predicted molar refractivity (Wildman–Crippen MR) is 165 cm³/mol. The number of alkyl carbamates (subject to hydrolysis) is 1. The van der Waals surface area contributed by atoms with E-state index in [1.807, 2.05) is 77.1 Å². The van der Waals surface area contributed by atoms with Crippen LogP contribution in [-0.2, 0) is 20.9 Å². The van der Waals surface area contributed by atoms with Gasteiger partial charge in [-0.25, -0.2) is 4.79 Å². The molecule has 2 rings (SSSR count). The Morgan fingerprint density at radius 1 is 0.878 bits per heavy atom. The van der Waals surface area contributed by atoms with E-state index in [0.717, 1.165) is 28.7 Å². The van der Waals surface area contributed by atoms with Crippen molar-refractivity contribution in [3.05, 3.63) is 70.8 Å². The number of hydrogen-bond acceptors (Lipinski definition) is 4. The maximum absolute atomic E-state index is 14.5. The van der Waals surface area contributed by atoms with E-state index in [-0.39, 0.29) is 23.8 Å². The van der Waals surface area contributed by atoms with Crippen molar-refractivity contribution in [2.45, 2.75) is 112 Å². The van der Waals surface area contributed by atoms with Gasteiger partial charge in [0.05, 0.1) is 0 Å². The molecule has 2 aromatic rings. The van der Waals surface area contributed by atoms with Crippen molar-refractivity contribution >= 4 is 17.9 Å². The third kappa shape index (κ3) is 10.9. The molecule has 2 N–H and O–H groups in total. The maximum atomic E-state index is 14.5. The first-order valence-corrected chi connectivity index (χ1v) is 14.8. The maximum Gasteiger partial charge on any atom is 0.408 e. The van der Waals surface area contributed by atoms with Crippen LogP contribution in [-0.4, -0.2) is 40.5 Å². The Morgan fingerprint density at radius 2 is 1.46 bits per heavy atom. The summed E-state index contributed by atoms with van der Waals surface area (Å²) in [5.74, 6) is -0.367. The van der Waals surface area contributed by atoms with Gasteiger partial charge in [-0.2, -0.15) is 0 Å². The normalized spacial score (nSPS) is 13.9. The van der Waals surface area contributed by atoms with E-state index in [1.165, 1.54) is 0 Å². The third-order valence-electron chi connectivity index (χ3n) is 6.89. The minimum absolute atomic E-state index is 0.234. The molecule has 2 aromatic carbocycles. The van der Waals surface area contributed by atoms with Gasteiger partial charge >= 0.3 is 6.09 Å². The average molecular weight is 566 g/mol. The Bertz CT molecular complexity index is 1130. The summed E-state index contributed by atoms with van der Waals surface area (Å²) in [4.78, 5) is 43.1. The van der Waals surface area contributed by atoms with E-state index < -0.39 is 23.8 Å². The monoisotopic (exact) mass is 565 g/mol. The molecule has 3 atom stereocenters. The summed E-state index contributed by atoms with van der Waals surface area (Å²) < 4.78 is 5.50. The minimum atomic E-state index is -0.881. The van der Waals surface area contributed by atoms with Gasteiger partial charge in [0, 0.05) is 12.6 Å². The van der Waals surface area contributed by atoms with Gasteiger partial charge in [-0.05, 0) is 77.3 Å². The minimum Gasteiger partial charge on any atom is -0.444 e. The second-order valence-electron chi connectivity index (χ2n) is 13.0. The van der Waals surface area contributed by atoms with Crippen LogP contribution in [0, 0.1) is 25.7 Å². The zero-order valence-electron chi connectivity index (χ0n) is 26.7. The second kappa shape index (κ2) is 15.0. The number of nitrogens with one attached hydrogen (secondary N) is 2. The van der Waals surface area contributed by atoms with Crippen LogP contribution >= 0.6 is 0 Å². The SMILES string of the molecule is Cc1cc(C)cc(C(C(=O)NCc2ccccc2)N(C(=O)C(NC(=O)OC(C)(C)C)C(C)C)C(C)CCC(C)C)c1. The van der Waals surface area contributed by atoms with Crippen molar-refractivity contribution in [2.75, 3.05) is 0 Å². The number of aryl methyl sites for hydroxylation is 2. The molecule has 0 bridgehead atoms. The quantitative estimate of drug-likeness (QED) is 0.294. The van der Waals surface area contributed by atoms with Gasteiger partial charge in [0.15, 0.2) is 0 Å². The molecule has 0 radical (unpaired) electrons. The summed E-state index contributed by atoms with van der Waals surface area (Å²) in [6, 6.07) is 13.7. The summed E-state index contributed by atoms with van der Waals surface area (Å²) >= 11 is 0. The molecule has 3 amide bonds. The molecule has 0 saturated heterocycles. The van der Waals surface area contributed by atoms with Crippen LogP contribution in [0.25, 0.3) is 0 Å². The molecule has 0 fully saturated rings. The molecule has 0 spiro atoms. The molecule has 226 valence electrons. The first-order valence-electron chi connectivity index (χ1n) is 14.8. The van der Waals surface area contributed by atoms with E-state index in [4.69, 9.17) is 4.74 Å². The Hall–Kier alpha value is -3.35. The summed E-state index contributed by atoms with van der Waals surface area (Å²) in [5, 5.41) is 5.90. The van der Waals surface area contributed by atoms with Crippen molar-refractivity contribution in [3.63, 3.8) is 0 Å². The standard InChI is InChI=1S/C34H51N3O4/c1-22(2)16-17-26(7)37(32(39)29(23(3)4)36-33(40)41-34(8,9)10)30(28-19-24(5)18-25(6)20-28)31(38)35-21-27-14-12-11-13-15-27/h11-15,18-20,22-23,26,29-30H,16-17,21H2,1-10H3,(H,35,38)(H,36,40). The van der Waals surface area contributed by atoms with Crippen LogP contribution < -0.4 is 10.6 Å². The fraction of sp³-hybridized carbons (Fsp3) is 0.559. The number of rotatable bonds is 12. The molecule has 7 nitrogen and oxygen atoms in total. The lowest BCUT2D eigenvalue weighted by molar-refractivity contribution is -0.146. The average Bonchev–Trinajstić information content (AvgIpc) is 2.86. The largest absolute Gasteiger partial charge is 0.444 e. The van der Waals surface area contributed by atoms with Crippen LogP contribution in [0.15, 0.2) is 48.5 Å². The highest BCUT2D eigenvalue weighted by atomic mass is 16.6. The van der Waals surface area contributed by atoms with E-state index in [2.05, 4.69) is 30.5 Å². The highest BCUT2D eigenvalue weighted by Gasteiger charge is 2.40. The number of hydrogen-bond donors (Lipinski definition) is 2. The van der Waals surface area contributed by atoms with Crippen molar-refractivity contribution in [1.82, 2.24) is 15.5 Å². The van der Waals surface area contributed by atoms with Crippen LogP contribution in [0.2, 0.25) is 0 Å². The topological polar surface area (TPSA) is 87.7 Å². The van der Waals surface area contributed by atoms with E-state index >= 15 is 0 Å². The molecule has 0 heterocycles. The van der Waals surface area contributed by atoms with Gasteiger partial charge < -0.3 is 20.3 Å². The van der Waals surface area contributed by atoms with Crippen molar-refractivity contribution in [2.24, 2.45) is 11.8 Å². The first-order chi connectivity index (χ1) is 19.1. The molecule has 0 aliphatic carbocycles. The zero-order valence-corrected chi connectivity index (χ0v) is 26.7. The van der Waals surface area contributed by atoms with Crippen molar-refractivity contribution in [3.8, 4) is 0 Å². The Balaban J connectivity index is 2.59. The number of benzene rings is 2. The fourth-order valence-electron chi connectivity index (χ4n) is 4.91. The lowest BCUT2D eigenvalue weighted by Gasteiger charge is -2.39. The molecule has 7 heteroatoms. The highest BCUT2D eigenvalue weighted by Crippen LogP contribution is 2.30. The van der Waals surface area contributed by atoms with Crippen LogP contribution in [0.3, 0.4) is 0 Å². The van der Waals surface area contributed by atoms with Crippen molar-refractivity contribution in [1.29, 1.82) is 0 Å². The third-order valence-corrected chi connectivity index (χ3v) is 6.89. The van der Waals surface area contributed by atoms with Gasteiger partial charge in [-0.3, -0.25) is 9.59 Å². The van der Waals surface area contributed by atoms with Crippen LogP contribution in [0.4, 0.5) is 4.79 Å². The number of carbonyl (C=O) groups is 3. The summed E-state index contributed by atoms with van der Waals surface area (Å²) in [6.07, 6.45) is 0.950. The molecule has 0 aromatic heterocycles. The first kappa shape index (κ1) is 33.9. The van der Waals surface area contributed by atoms with Crippen LogP contribution in [0.1, 0.15) is 96.5 Å². The van der Waals surface area contributed by atoms with Gasteiger partial charge in [0.2, 0.25) is 11.8 Å². The Morgan fingerprint density at radius 3 is 1.98 bits per heavy atom. The van der Waals surface area contributed by atoms with Gasteiger partial charge in [-0.15, -0.1) is 0 Å². The van der Waals surface area contributed by atoms with Gasteiger partial charge in [-0.1, -0.05) is 87.4 Å². The lowest BCUT2D eigenvalue weighted by atomic mass is 9.93. The molecular weight excluding hydrogens is 514 g/mol. The smallest absolute Gasteiger partial charge is 0.408 e. The number of carbonyl (C=O) groups excluding carboxylic acids is 3. The van der Waals surface area contributed by atoms with E-state index in [9.17, 15) is 14.4 Å². The molecule has 0 aliphatic heterocycles. The van der Waals surface area contributed by atoms with Gasteiger partial charge in [0.25, 0.3) is 0 Å². The number of amides is 3. The van der Waals surface area contributed by atoms with Gasteiger partial charge in [0.1, 0.15) is 17.7 Å². The number of ether oxygens (including phenoxy) is 1. The Labute approximate surface area is 247 Å². The predicted octanol–water partition coefficient (Wildman–Crippen LogP) is 6.86. The molecule has 3 unspecified atom stereocenters. The Kier molecular flexibility index (Phi) is 12.4. The number of nitrogens with zero attached hydrogens (tertiary/aromatic N) is 1. The molecular formula is C34H51N3O4. The van der Waals surface area contributed by atoms with Crippen LogP contribution in [0.5, 0.6) is 0 Å². The van der Waals surface area contributed by atoms with Crippen molar-refractivity contribution < 1.29 is 19.1 Å². The highest BCUT2D eigenvalue weighted by molar-refractivity contribution is 5.92. The fourth-order valence-corrected chi connectivity index (χ4v) is 4.91. The molecule has 41 heavy (non-hydrogen) atoms. The van der Waals surface area contributed by atoms with E-state index in [0.29, 0.717) is 18.9 Å². The molecule has 0 saturated carbocycles. The summed E-state index contributed by atoms with van der Waals surface area (Å²) in [6.45, 7) is 19.7. The zero-order chi connectivity index (χ0) is 30.9. The lowest BCUT2D eigenvalue weighted by Crippen LogP contribution is -2.57. The second-order valence-corrected chi connectivity index (χ2v) is 13.0. The summed E-state index contributed by atoms with van der Waals surface area (Å²) in [5.41, 5.74) is 3.03. The van der Waals surface area contributed by atoms with E-state index in [1.54, 1.807) is 25.7 Å². The molecule has 0 aliphatic rings. The summed E-state index contributed by atoms with van der Waals surface area (Å²) in [7, 11) is 0.